The molecule has 8 nitrogen and oxygen atoms in total. The minimum absolute atomic E-state index is 0.0378. The summed E-state index contributed by atoms with van der Waals surface area (Å²) in [6, 6.07) is 8.04. The molecule has 4 heterocycles. The van der Waals surface area contributed by atoms with Gasteiger partial charge in [-0.05, 0) is 43.5 Å². The Bertz CT molecular complexity index is 1110. The summed E-state index contributed by atoms with van der Waals surface area (Å²) in [4.78, 5) is 29.0. The first-order chi connectivity index (χ1) is 15.1. The molecule has 5 rings (SSSR count). The number of para-hydroxylation sites is 1. The van der Waals surface area contributed by atoms with Gasteiger partial charge in [-0.2, -0.15) is 0 Å². The summed E-state index contributed by atoms with van der Waals surface area (Å²) < 4.78 is 0. The van der Waals surface area contributed by atoms with E-state index in [1.54, 1.807) is 0 Å². The summed E-state index contributed by atoms with van der Waals surface area (Å²) in [5.41, 5.74) is 2.32. The molecule has 1 amide bonds. The Morgan fingerprint density at radius 1 is 1.32 bits per heavy atom. The molecule has 0 aliphatic carbocycles. The second-order valence-corrected chi connectivity index (χ2v) is 9.57. The topological polar surface area (TPSA) is 103 Å². The number of benzene rings is 1. The van der Waals surface area contributed by atoms with E-state index in [9.17, 15) is 9.90 Å². The lowest BCUT2D eigenvalue weighted by atomic mass is 9.86. The zero-order valence-electron chi connectivity index (χ0n) is 17.5. The van der Waals surface area contributed by atoms with Gasteiger partial charge in [0.25, 0.3) is 5.91 Å². The number of amides is 1. The lowest BCUT2D eigenvalue weighted by Crippen LogP contribution is -2.35. The number of hydrogen-bond acceptors (Lipinski definition) is 8. The van der Waals surface area contributed by atoms with Crippen LogP contribution in [0, 0.1) is 5.92 Å². The monoisotopic (exact) mass is 438 g/mol. The van der Waals surface area contributed by atoms with Crippen LogP contribution in [-0.2, 0) is 5.41 Å². The number of nitrogens with one attached hydrogen (secondary N) is 2. The third-order valence-electron chi connectivity index (χ3n) is 6.34. The van der Waals surface area contributed by atoms with Gasteiger partial charge in [-0.15, -0.1) is 0 Å². The number of carbonyl (C=O) groups is 1. The summed E-state index contributed by atoms with van der Waals surface area (Å²) in [6.07, 6.45) is 3.67. The van der Waals surface area contributed by atoms with Gasteiger partial charge in [-0.3, -0.25) is 4.79 Å². The van der Waals surface area contributed by atoms with Crippen molar-refractivity contribution in [3.63, 3.8) is 0 Å². The van der Waals surface area contributed by atoms with Crippen LogP contribution in [0.3, 0.4) is 0 Å². The SMILES string of the molecule is CC1(CO)CN(c2ncnc3sc(C(=O)NCC4CCNCC4)nc23)c2ccccc21. The number of nitrogens with zero attached hydrogens (tertiary/aromatic N) is 4. The molecule has 0 radical (unpaired) electrons. The van der Waals surface area contributed by atoms with Gasteiger partial charge in [-0.25, -0.2) is 15.0 Å². The summed E-state index contributed by atoms with van der Waals surface area (Å²) in [5.74, 6) is 1.02. The fourth-order valence-corrected chi connectivity index (χ4v) is 5.32. The number of carbonyl (C=O) groups excluding carboxylic acids is 1. The lowest BCUT2D eigenvalue weighted by molar-refractivity contribution is 0.0944. The van der Waals surface area contributed by atoms with E-state index in [-0.39, 0.29) is 17.9 Å². The normalized spacial score (nSPS) is 21.4. The molecular formula is C22H26N6O2S. The molecule has 0 saturated carbocycles. The number of anilines is 2. The molecule has 162 valence electrons. The third-order valence-corrected chi connectivity index (χ3v) is 7.30. The van der Waals surface area contributed by atoms with E-state index < -0.39 is 0 Å². The van der Waals surface area contributed by atoms with Crippen LogP contribution in [0.15, 0.2) is 30.6 Å². The number of aromatic nitrogens is 3. The summed E-state index contributed by atoms with van der Waals surface area (Å²) in [6.45, 7) is 5.35. The first kappa shape index (κ1) is 20.3. The average molecular weight is 439 g/mol. The highest BCUT2D eigenvalue weighted by atomic mass is 32.1. The number of rotatable bonds is 5. The minimum atomic E-state index is -0.390. The Labute approximate surface area is 184 Å². The predicted molar refractivity (Wildman–Crippen MR) is 121 cm³/mol. The van der Waals surface area contributed by atoms with E-state index in [1.807, 2.05) is 31.2 Å². The van der Waals surface area contributed by atoms with Crippen LogP contribution in [0.5, 0.6) is 0 Å². The first-order valence-corrected chi connectivity index (χ1v) is 11.5. The van der Waals surface area contributed by atoms with Crippen molar-refractivity contribution in [2.75, 3.05) is 37.7 Å². The van der Waals surface area contributed by atoms with Gasteiger partial charge in [0, 0.05) is 24.2 Å². The molecule has 2 aliphatic rings. The molecule has 0 bridgehead atoms. The average Bonchev–Trinajstić information content (AvgIpc) is 3.38. The van der Waals surface area contributed by atoms with Crippen molar-refractivity contribution in [1.29, 1.82) is 0 Å². The van der Waals surface area contributed by atoms with E-state index in [2.05, 4.69) is 30.5 Å². The second kappa shape index (κ2) is 8.14. The maximum atomic E-state index is 12.8. The molecule has 1 aromatic carbocycles. The zero-order chi connectivity index (χ0) is 21.4. The van der Waals surface area contributed by atoms with Crippen LogP contribution < -0.4 is 15.5 Å². The predicted octanol–water partition coefficient (Wildman–Crippen LogP) is 2.22. The lowest BCUT2D eigenvalue weighted by Gasteiger charge is -2.23. The molecule has 2 aliphatic heterocycles. The van der Waals surface area contributed by atoms with E-state index in [4.69, 9.17) is 0 Å². The number of aliphatic hydroxyl groups is 1. The molecule has 1 fully saturated rings. The maximum Gasteiger partial charge on any atom is 0.280 e. The minimum Gasteiger partial charge on any atom is -0.395 e. The van der Waals surface area contributed by atoms with Crippen LogP contribution in [0.2, 0.25) is 0 Å². The number of piperidine rings is 1. The fraction of sp³-hybridized carbons (Fsp3) is 0.455. The quantitative estimate of drug-likeness (QED) is 0.561. The third kappa shape index (κ3) is 3.66. The van der Waals surface area contributed by atoms with Crippen molar-refractivity contribution in [2.45, 2.75) is 25.2 Å². The smallest absolute Gasteiger partial charge is 0.280 e. The van der Waals surface area contributed by atoms with E-state index in [0.29, 0.717) is 40.2 Å². The van der Waals surface area contributed by atoms with Crippen molar-refractivity contribution in [1.82, 2.24) is 25.6 Å². The van der Waals surface area contributed by atoms with Crippen molar-refractivity contribution in [3.8, 4) is 0 Å². The molecule has 3 N–H and O–H groups in total. The van der Waals surface area contributed by atoms with Gasteiger partial charge >= 0.3 is 0 Å². The second-order valence-electron chi connectivity index (χ2n) is 8.60. The molecular weight excluding hydrogens is 412 g/mol. The number of fused-ring (bicyclic) bond motifs is 2. The Hall–Kier alpha value is -2.62. The molecule has 31 heavy (non-hydrogen) atoms. The van der Waals surface area contributed by atoms with Crippen LogP contribution in [0.25, 0.3) is 10.3 Å². The summed E-state index contributed by atoms with van der Waals surface area (Å²) in [7, 11) is 0. The molecule has 3 aromatic rings. The maximum absolute atomic E-state index is 12.8. The van der Waals surface area contributed by atoms with Gasteiger partial charge in [-0.1, -0.05) is 36.5 Å². The Kier molecular flexibility index (Phi) is 5.33. The number of aliphatic hydroxyl groups excluding tert-OH is 1. The van der Waals surface area contributed by atoms with Gasteiger partial charge in [0.05, 0.1) is 6.61 Å². The first-order valence-electron chi connectivity index (χ1n) is 10.7. The van der Waals surface area contributed by atoms with Gasteiger partial charge in [0.2, 0.25) is 0 Å². The number of hydrogen-bond donors (Lipinski definition) is 3. The van der Waals surface area contributed by atoms with Crippen molar-refractivity contribution in [2.24, 2.45) is 5.92 Å². The van der Waals surface area contributed by atoms with Crippen molar-refractivity contribution >= 4 is 39.1 Å². The molecule has 1 unspecified atom stereocenters. The van der Waals surface area contributed by atoms with Crippen LogP contribution in [0.4, 0.5) is 11.5 Å². The highest BCUT2D eigenvalue weighted by Gasteiger charge is 2.40. The van der Waals surface area contributed by atoms with Gasteiger partial charge < -0.3 is 20.6 Å². The fourth-order valence-electron chi connectivity index (χ4n) is 4.50. The molecule has 1 saturated heterocycles. The molecule has 2 aromatic heterocycles. The van der Waals surface area contributed by atoms with Crippen LogP contribution >= 0.6 is 11.3 Å². The van der Waals surface area contributed by atoms with Crippen molar-refractivity contribution in [3.05, 3.63) is 41.2 Å². The highest BCUT2D eigenvalue weighted by molar-refractivity contribution is 7.19. The molecule has 1 atom stereocenters. The zero-order valence-corrected chi connectivity index (χ0v) is 18.3. The Balaban J connectivity index is 1.43. The standard InChI is InChI=1S/C22H26N6O2S/c1-22(12-29)11-28(16-5-3-2-4-15(16)22)18-17-20(26-13-25-18)31-21(27-17)19(30)24-10-14-6-8-23-9-7-14/h2-5,13-14,23,29H,6-12H2,1H3,(H,24,30). The van der Waals surface area contributed by atoms with E-state index in [0.717, 1.165) is 37.2 Å². The van der Waals surface area contributed by atoms with E-state index >= 15 is 0 Å². The van der Waals surface area contributed by atoms with Gasteiger partial charge in [0.15, 0.2) is 10.8 Å². The Morgan fingerprint density at radius 3 is 2.94 bits per heavy atom. The summed E-state index contributed by atoms with van der Waals surface area (Å²) in [5, 5.41) is 16.9. The molecule has 9 heteroatoms. The largest absolute Gasteiger partial charge is 0.395 e. The van der Waals surface area contributed by atoms with Crippen LogP contribution in [-0.4, -0.2) is 58.8 Å². The Morgan fingerprint density at radius 2 is 2.13 bits per heavy atom. The van der Waals surface area contributed by atoms with Crippen LogP contribution in [0.1, 0.15) is 35.1 Å². The summed E-state index contributed by atoms with van der Waals surface area (Å²) >= 11 is 1.29. The van der Waals surface area contributed by atoms with Gasteiger partial charge in [0.1, 0.15) is 16.7 Å². The number of thiazole rings is 1. The molecule has 0 spiro atoms. The highest BCUT2D eigenvalue weighted by Crippen LogP contribution is 2.45. The van der Waals surface area contributed by atoms with E-state index in [1.165, 1.54) is 17.7 Å². The van der Waals surface area contributed by atoms with Crippen molar-refractivity contribution < 1.29 is 9.90 Å².